The molecule has 178 valence electrons. The van der Waals surface area contributed by atoms with Crippen LogP contribution in [0.1, 0.15) is 49.4 Å². The molecule has 0 N–H and O–H groups in total. The van der Waals surface area contributed by atoms with Crippen molar-refractivity contribution in [3.63, 3.8) is 0 Å². The second kappa shape index (κ2) is 8.46. The van der Waals surface area contributed by atoms with Crippen LogP contribution in [0.25, 0.3) is 5.57 Å². The SMILES string of the molecule is COC(=O)C1=C(C)N=c2s/c(=C3\C(=O)N(C)c4ccccc43)c(=O)n2[C@@H]1c1ccc(C(C)C)cc1. The van der Waals surface area contributed by atoms with E-state index in [1.807, 2.05) is 48.5 Å². The largest absolute Gasteiger partial charge is 0.466 e. The molecule has 1 amide bonds. The molecule has 2 aromatic carbocycles. The van der Waals surface area contributed by atoms with Crippen LogP contribution in [0.4, 0.5) is 5.69 Å². The fourth-order valence-corrected chi connectivity index (χ4v) is 5.85. The van der Waals surface area contributed by atoms with Gasteiger partial charge in [0, 0.05) is 12.6 Å². The van der Waals surface area contributed by atoms with E-state index < -0.39 is 12.0 Å². The number of methoxy groups -OCH3 is 1. The van der Waals surface area contributed by atoms with Gasteiger partial charge < -0.3 is 9.64 Å². The van der Waals surface area contributed by atoms with Crippen molar-refractivity contribution in [2.75, 3.05) is 19.1 Å². The fraction of sp³-hybridized carbons (Fsp3) is 0.259. The van der Waals surface area contributed by atoms with Crippen molar-refractivity contribution in [1.29, 1.82) is 0 Å². The lowest BCUT2D eigenvalue weighted by atomic mass is 9.93. The molecule has 1 atom stereocenters. The van der Waals surface area contributed by atoms with E-state index >= 15 is 0 Å². The number of hydrogen-bond acceptors (Lipinski definition) is 6. The average molecular weight is 488 g/mol. The standard InChI is InChI=1S/C27H25N3O4S/c1-14(2)16-10-12-17(13-11-16)22-20(26(33)34-5)15(3)28-27-30(22)25(32)23(35-27)21-18-8-6-7-9-19(18)29(4)24(21)31/h6-14,22H,1-5H3/b23-21-/t22-/m1/s1. The van der Waals surface area contributed by atoms with Crippen LogP contribution in [0.5, 0.6) is 0 Å². The third-order valence-corrected chi connectivity index (χ3v) is 7.66. The normalized spacial score (nSPS) is 18.5. The highest BCUT2D eigenvalue weighted by Gasteiger charge is 2.36. The molecule has 0 bridgehead atoms. The number of allylic oxidation sites excluding steroid dienone is 1. The van der Waals surface area contributed by atoms with Gasteiger partial charge in [0.2, 0.25) is 0 Å². The van der Waals surface area contributed by atoms with E-state index in [2.05, 4.69) is 18.8 Å². The van der Waals surface area contributed by atoms with E-state index in [4.69, 9.17) is 4.74 Å². The maximum Gasteiger partial charge on any atom is 0.338 e. The van der Waals surface area contributed by atoms with Crippen molar-refractivity contribution in [2.45, 2.75) is 32.7 Å². The second-order valence-electron chi connectivity index (χ2n) is 8.97. The van der Waals surface area contributed by atoms with E-state index in [9.17, 15) is 14.4 Å². The smallest absolute Gasteiger partial charge is 0.338 e. The second-order valence-corrected chi connectivity index (χ2v) is 9.95. The minimum absolute atomic E-state index is 0.238. The average Bonchev–Trinajstić information content (AvgIpc) is 3.30. The molecule has 0 saturated carbocycles. The van der Waals surface area contributed by atoms with Crippen LogP contribution in [0.2, 0.25) is 0 Å². The number of ether oxygens (including phenoxy) is 1. The van der Waals surface area contributed by atoms with E-state index in [-0.39, 0.29) is 11.5 Å². The van der Waals surface area contributed by atoms with Gasteiger partial charge in [0.05, 0.1) is 35.7 Å². The van der Waals surface area contributed by atoms with Crippen molar-refractivity contribution in [1.82, 2.24) is 4.57 Å². The number of hydrogen-bond donors (Lipinski definition) is 0. The molecule has 3 heterocycles. The summed E-state index contributed by atoms with van der Waals surface area (Å²) in [6, 6.07) is 14.6. The zero-order chi connectivity index (χ0) is 25.0. The quantitative estimate of drug-likeness (QED) is 0.532. The maximum absolute atomic E-state index is 13.9. The van der Waals surface area contributed by atoms with Crippen LogP contribution in [-0.4, -0.2) is 30.6 Å². The molecule has 0 spiro atoms. The van der Waals surface area contributed by atoms with Crippen LogP contribution in [0.3, 0.4) is 0 Å². The number of nitrogens with zero attached hydrogens (tertiary/aromatic N) is 3. The lowest BCUT2D eigenvalue weighted by molar-refractivity contribution is -0.136. The topological polar surface area (TPSA) is 81.0 Å². The zero-order valence-electron chi connectivity index (χ0n) is 20.2. The number of rotatable bonds is 3. The monoisotopic (exact) mass is 487 g/mol. The van der Waals surface area contributed by atoms with Crippen molar-refractivity contribution in [3.8, 4) is 0 Å². The van der Waals surface area contributed by atoms with Crippen molar-refractivity contribution >= 4 is 34.5 Å². The summed E-state index contributed by atoms with van der Waals surface area (Å²) < 4.78 is 6.91. The van der Waals surface area contributed by atoms with E-state index in [1.54, 1.807) is 18.9 Å². The molecule has 0 fully saturated rings. The first-order chi connectivity index (χ1) is 16.7. The van der Waals surface area contributed by atoms with Gasteiger partial charge in [0.25, 0.3) is 11.5 Å². The first-order valence-electron chi connectivity index (χ1n) is 11.3. The number of amides is 1. The van der Waals surface area contributed by atoms with E-state index in [1.165, 1.54) is 23.0 Å². The van der Waals surface area contributed by atoms with Crippen LogP contribution >= 0.6 is 11.3 Å². The third kappa shape index (κ3) is 3.47. The molecule has 0 saturated heterocycles. The van der Waals surface area contributed by atoms with Gasteiger partial charge in [-0.2, -0.15) is 0 Å². The molecule has 1 aromatic heterocycles. The van der Waals surface area contributed by atoms with Gasteiger partial charge in [0.15, 0.2) is 4.80 Å². The Labute approximate surface area is 206 Å². The van der Waals surface area contributed by atoms with Gasteiger partial charge in [-0.3, -0.25) is 14.2 Å². The van der Waals surface area contributed by atoms with Crippen molar-refractivity contribution in [2.24, 2.45) is 4.99 Å². The Morgan fingerprint density at radius 2 is 1.77 bits per heavy atom. The van der Waals surface area contributed by atoms with Crippen LogP contribution in [0.15, 0.2) is 69.6 Å². The summed E-state index contributed by atoms with van der Waals surface area (Å²) in [6.45, 7) is 5.96. The highest BCUT2D eigenvalue weighted by Crippen LogP contribution is 2.34. The summed E-state index contributed by atoms with van der Waals surface area (Å²) in [5.74, 6) is -0.432. The first-order valence-corrected chi connectivity index (χ1v) is 12.2. The predicted molar refractivity (Wildman–Crippen MR) is 135 cm³/mol. The number of thiazole rings is 1. The Morgan fingerprint density at radius 3 is 2.43 bits per heavy atom. The van der Waals surface area contributed by atoms with Crippen LogP contribution < -0.4 is 19.8 Å². The van der Waals surface area contributed by atoms with Gasteiger partial charge in [0.1, 0.15) is 4.53 Å². The summed E-state index contributed by atoms with van der Waals surface area (Å²) >= 11 is 1.17. The molecule has 35 heavy (non-hydrogen) atoms. The third-order valence-electron chi connectivity index (χ3n) is 6.60. The number of aromatic nitrogens is 1. The maximum atomic E-state index is 13.9. The molecule has 0 radical (unpaired) electrons. The van der Waals surface area contributed by atoms with Crippen molar-refractivity contribution < 1.29 is 14.3 Å². The number of anilines is 1. The van der Waals surface area contributed by atoms with Gasteiger partial charge in [-0.25, -0.2) is 9.79 Å². The van der Waals surface area contributed by atoms with E-state index in [0.717, 1.165) is 16.8 Å². The molecular weight excluding hydrogens is 462 g/mol. The lowest BCUT2D eigenvalue weighted by Gasteiger charge is -2.24. The Hall–Kier alpha value is -3.78. The number of para-hydroxylation sites is 1. The lowest BCUT2D eigenvalue weighted by Crippen LogP contribution is -2.40. The summed E-state index contributed by atoms with van der Waals surface area (Å²) in [4.78, 5) is 46.6. The van der Waals surface area contributed by atoms with Gasteiger partial charge in [-0.1, -0.05) is 67.6 Å². The molecule has 7 nitrogen and oxygen atoms in total. The van der Waals surface area contributed by atoms with Gasteiger partial charge in [-0.05, 0) is 30.0 Å². The molecular formula is C27H25N3O4S. The predicted octanol–water partition coefficient (Wildman–Crippen LogP) is 2.88. The number of esters is 1. The summed E-state index contributed by atoms with van der Waals surface area (Å²) in [6.07, 6.45) is 0. The number of benzene rings is 2. The van der Waals surface area contributed by atoms with Crippen molar-refractivity contribution in [3.05, 3.63) is 96.2 Å². The molecule has 0 aliphatic carbocycles. The Morgan fingerprint density at radius 1 is 1.09 bits per heavy atom. The Bertz CT molecular complexity index is 1590. The summed E-state index contributed by atoms with van der Waals surface area (Å²) in [7, 11) is 3.02. The van der Waals surface area contributed by atoms with E-state index in [0.29, 0.717) is 37.7 Å². The Balaban J connectivity index is 1.81. The Kier molecular flexibility index (Phi) is 5.56. The highest BCUT2D eigenvalue weighted by molar-refractivity contribution is 7.07. The number of carbonyl (C=O) groups excluding carboxylic acids is 2. The minimum Gasteiger partial charge on any atom is -0.466 e. The number of fused-ring (bicyclic) bond motifs is 2. The molecule has 5 rings (SSSR count). The number of likely N-dealkylation sites (N-methyl/N-ethyl adjacent to an activating group) is 1. The minimum atomic E-state index is -0.709. The molecule has 8 heteroatoms. The molecule has 0 unspecified atom stereocenters. The summed E-state index contributed by atoms with van der Waals surface area (Å²) in [5, 5.41) is 0. The molecule has 2 aliphatic rings. The molecule has 3 aromatic rings. The van der Waals surface area contributed by atoms with Gasteiger partial charge >= 0.3 is 5.97 Å². The molecule has 2 aliphatic heterocycles. The number of carbonyl (C=O) groups is 2. The highest BCUT2D eigenvalue weighted by atomic mass is 32.1. The summed E-state index contributed by atoms with van der Waals surface area (Å²) in [5.41, 5.74) is 4.21. The van der Waals surface area contributed by atoms with Crippen LogP contribution in [-0.2, 0) is 14.3 Å². The zero-order valence-corrected chi connectivity index (χ0v) is 21.0. The first kappa shape index (κ1) is 23.0. The fourth-order valence-electron chi connectivity index (χ4n) is 4.71. The van der Waals surface area contributed by atoms with Gasteiger partial charge in [-0.15, -0.1) is 0 Å². The van der Waals surface area contributed by atoms with Crippen LogP contribution in [0, 0.1) is 0 Å².